The smallest absolute Gasteiger partial charge is 0.294 e. The van der Waals surface area contributed by atoms with E-state index < -0.39 is 46.7 Å². The van der Waals surface area contributed by atoms with Crippen molar-refractivity contribution in [3.8, 4) is 0 Å². The van der Waals surface area contributed by atoms with E-state index in [1.165, 1.54) is 6.08 Å². The number of nitrogens with zero attached hydrogens (tertiary/aromatic N) is 1. The molecular formula is C17H11F3N2O4S. The Morgan fingerprint density at radius 2 is 1.93 bits per heavy atom. The molecule has 1 N–H and O–H groups in total. The number of carbonyl (C=O) groups excluding carboxylic acids is 3. The standard InChI is InChI=1S/C17H11F3N2O4S/c1-8-2-3-9(26-8)6-12-16(24)22(17(25)27-12)7-13(23)21-11-5-4-10(18)14(19)15(11)20/h2-6H,7H2,1H3,(H,21,23)/b12-6+. The highest BCUT2D eigenvalue weighted by atomic mass is 32.2. The summed E-state index contributed by atoms with van der Waals surface area (Å²) >= 11 is 0.617. The van der Waals surface area contributed by atoms with E-state index in [9.17, 15) is 27.6 Å². The second-order valence-corrected chi connectivity index (χ2v) is 6.48. The number of furan rings is 1. The average molecular weight is 396 g/mol. The van der Waals surface area contributed by atoms with Crippen LogP contribution in [0.5, 0.6) is 0 Å². The fraction of sp³-hybridized carbons (Fsp3) is 0.118. The molecule has 0 aliphatic carbocycles. The lowest BCUT2D eigenvalue weighted by molar-refractivity contribution is -0.127. The molecule has 2 aromatic rings. The molecule has 1 saturated heterocycles. The van der Waals surface area contributed by atoms with Crippen LogP contribution >= 0.6 is 11.8 Å². The van der Waals surface area contributed by atoms with Gasteiger partial charge < -0.3 is 9.73 Å². The third kappa shape index (κ3) is 3.90. The van der Waals surface area contributed by atoms with Gasteiger partial charge in [0.2, 0.25) is 5.91 Å². The molecule has 27 heavy (non-hydrogen) atoms. The van der Waals surface area contributed by atoms with Crippen molar-refractivity contribution in [2.24, 2.45) is 0 Å². The van der Waals surface area contributed by atoms with E-state index in [2.05, 4.69) is 0 Å². The van der Waals surface area contributed by atoms with Crippen LogP contribution in [0.3, 0.4) is 0 Å². The Morgan fingerprint density at radius 1 is 1.19 bits per heavy atom. The van der Waals surface area contributed by atoms with E-state index in [0.29, 0.717) is 34.2 Å². The number of rotatable bonds is 4. The van der Waals surface area contributed by atoms with Crippen molar-refractivity contribution in [1.29, 1.82) is 0 Å². The van der Waals surface area contributed by atoms with Gasteiger partial charge in [-0.25, -0.2) is 13.2 Å². The van der Waals surface area contributed by atoms with Crippen molar-refractivity contribution in [1.82, 2.24) is 4.90 Å². The second-order valence-electron chi connectivity index (χ2n) is 5.49. The predicted octanol–water partition coefficient (Wildman–Crippen LogP) is 3.68. The molecule has 1 fully saturated rings. The van der Waals surface area contributed by atoms with Gasteiger partial charge in [-0.15, -0.1) is 0 Å². The van der Waals surface area contributed by atoms with E-state index in [1.54, 1.807) is 19.1 Å². The van der Waals surface area contributed by atoms with Crippen LogP contribution in [-0.2, 0) is 9.59 Å². The molecule has 1 aliphatic heterocycles. The maximum atomic E-state index is 13.6. The van der Waals surface area contributed by atoms with Crippen LogP contribution in [-0.4, -0.2) is 28.5 Å². The number of nitrogens with one attached hydrogen (secondary N) is 1. The summed E-state index contributed by atoms with van der Waals surface area (Å²) in [5.74, 6) is -5.41. The summed E-state index contributed by atoms with van der Waals surface area (Å²) in [5.41, 5.74) is -0.604. The largest absolute Gasteiger partial charge is 0.462 e. The zero-order valence-corrected chi connectivity index (χ0v) is 14.5. The van der Waals surface area contributed by atoms with Gasteiger partial charge in [-0.05, 0) is 43.0 Å². The molecule has 1 aromatic carbocycles. The molecule has 3 rings (SSSR count). The lowest BCUT2D eigenvalue weighted by Gasteiger charge is -2.13. The number of imide groups is 1. The van der Waals surface area contributed by atoms with Crippen LogP contribution in [0.15, 0.2) is 33.6 Å². The maximum Gasteiger partial charge on any atom is 0.294 e. The minimum absolute atomic E-state index is 0.0566. The molecule has 3 amide bonds. The summed E-state index contributed by atoms with van der Waals surface area (Å²) < 4.78 is 45.0. The summed E-state index contributed by atoms with van der Waals surface area (Å²) in [6.45, 7) is 1.00. The van der Waals surface area contributed by atoms with Crippen molar-refractivity contribution in [2.75, 3.05) is 11.9 Å². The number of anilines is 1. The Balaban J connectivity index is 1.71. The molecule has 0 saturated carbocycles. The molecule has 0 bridgehead atoms. The second kappa shape index (κ2) is 7.31. The molecule has 0 unspecified atom stereocenters. The zero-order chi connectivity index (χ0) is 19.7. The average Bonchev–Trinajstić information content (AvgIpc) is 3.14. The Kier molecular flexibility index (Phi) is 5.08. The van der Waals surface area contributed by atoms with Crippen LogP contribution in [0.2, 0.25) is 0 Å². The highest BCUT2D eigenvalue weighted by molar-refractivity contribution is 8.18. The number of amides is 3. The number of thioether (sulfide) groups is 1. The van der Waals surface area contributed by atoms with Crippen LogP contribution in [0, 0.1) is 24.4 Å². The third-order valence-corrected chi connectivity index (χ3v) is 4.43. The number of halogens is 3. The normalized spacial score (nSPS) is 15.7. The Labute approximate surface area is 155 Å². The predicted molar refractivity (Wildman–Crippen MR) is 91.1 cm³/mol. The van der Waals surface area contributed by atoms with E-state index in [0.717, 1.165) is 6.07 Å². The van der Waals surface area contributed by atoms with Crippen LogP contribution in [0.1, 0.15) is 11.5 Å². The topological polar surface area (TPSA) is 79.6 Å². The third-order valence-electron chi connectivity index (χ3n) is 3.52. The zero-order valence-electron chi connectivity index (χ0n) is 13.7. The Hall–Kier alpha value is -3.01. The molecule has 2 heterocycles. The number of hydrogen-bond donors (Lipinski definition) is 1. The first-order valence-corrected chi connectivity index (χ1v) is 8.33. The van der Waals surface area contributed by atoms with E-state index in [1.807, 2.05) is 5.32 Å². The fourth-order valence-electron chi connectivity index (χ4n) is 2.25. The number of benzene rings is 1. The van der Waals surface area contributed by atoms with Crippen molar-refractivity contribution < 1.29 is 32.0 Å². The Bertz CT molecular complexity index is 987. The molecule has 0 atom stereocenters. The van der Waals surface area contributed by atoms with E-state index in [-0.39, 0.29) is 4.91 Å². The first-order valence-electron chi connectivity index (χ1n) is 7.51. The number of carbonyl (C=O) groups is 3. The molecule has 0 spiro atoms. The first-order chi connectivity index (χ1) is 12.8. The van der Waals surface area contributed by atoms with Gasteiger partial charge in [0.05, 0.1) is 10.6 Å². The number of hydrogen-bond acceptors (Lipinski definition) is 5. The van der Waals surface area contributed by atoms with Gasteiger partial charge in [0.25, 0.3) is 11.1 Å². The molecule has 1 aromatic heterocycles. The summed E-state index contributed by atoms with van der Waals surface area (Å²) in [4.78, 5) is 37.0. The number of aryl methyl sites for hydroxylation is 1. The molecule has 6 nitrogen and oxygen atoms in total. The van der Waals surface area contributed by atoms with Crippen molar-refractivity contribution in [3.63, 3.8) is 0 Å². The summed E-state index contributed by atoms with van der Waals surface area (Å²) in [6.07, 6.45) is 1.37. The van der Waals surface area contributed by atoms with Gasteiger partial charge in [0.1, 0.15) is 18.1 Å². The van der Waals surface area contributed by atoms with E-state index in [4.69, 9.17) is 4.42 Å². The van der Waals surface area contributed by atoms with Crippen LogP contribution < -0.4 is 5.32 Å². The summed E-state index contributed by atoms with van der Waals surface area (Å²) in [7, 11) is 0. The van der Waals surface area contributed by atoms with Gasteiger partial charge in [-0.2, -0.15) is 0 Å². The lowest BCUT2D eigenvalue weighted by Crippen LogP contribution is -2.36. The van der Waals surface area contributed by atoms with Gasteiger partial charge in [0, 0.05) is 6.08 Å². The SMILES string of the molecule is Cc1ccc(/C=C2/SC(=O)N(CC(=O)Nc3ccc(F)c(F)c3F)C2=O)o1. The van der Waals surface area contributed by atoms with E-state index >= 15 is 0 Å². The minimum Gasteiger partial charge on any atom is -0.462 e. The lowest BCUT2D eigenvalue weighted by atomic mass is 10.2. The van der Waals surface area contributed by atoms with Crippen molar-refractivity contribution >= 4 is 40.6 Å². The minimum atomic E-state index is -1.74. The molecule has 1 aliphatic rings. The maximum absolute atomic E-state index is 13.6. The summed E-state index contributed by atoms with van der Waals surface area (Å²) in [6, 6.07) is 4.77. The molecule has 0 radical (unpaired) electrons. The highest BCUT2D eigenvalue weighted by Gasteiger charge is 2.36. The quantitative estimate of drug-likeness (QED) is 0.630. The monoisotopic (exact) mass is 396 g/mol. The Morgan fingerprint density at radius 3 is 2.59 bits per heavy atom. The van der Waals surface area contributed by atoms with Gasteiger partial charge >= 0.3 is 0 Å². The first kappa shape index (κ1) is 18.8. The van der Waals surface area contributed by atoms with Gasteiger partial charge in [-0.3, -0.25) is 19.3 Å². The van der Waals surface area contributed by atoms with Gasteiger partial charge in [-0.1, -0.05) is 0 Å². The van der Waals surface area contributed by atoms with Gasteiger partial charge in [0.15, 0.2) is 17.5 Å². The molecule has 140 valence electrons. The molecule has 10 heteroatoms. The van der Waals surface area contributed by atoms with Crippen molar-refractivity contribution in [2.45, 2.75) is 6.92 Å². The van der Waals surface area contributed by atoms with Crippen LogP contribution in [0.4, 0.5) is 23.7 Å². The summed E-state index contributed by atoms with van der Waals surface area (Å²) in [5, 5.41) is 1.30. The fourth-order valence-corrected chi connectivity index (χ4v) is 3.07. The highest BCUT2D eigenvalue weighted by Crippen LogP contribution is 2.32. The van der Waals surface area contributed by atoms with Crippen LogP contribution in [0.25, 0.3) is 6.08 Å². The molecular weight excluding hydrogens is 385 g/mol. The van der Waals surface area contributed by atoms with Crippen molar-refractivity contribution in [3.05, 3.63) is 58.1 Å².